The van der Waals surface area contributed by atoms with E-state index in [4.69, 9.17) is 0 Å². The highest BCUT2D eigenvalue weighted by atomic mass is 16.1. The van der Waals surface area contributed by atoms with Crippen LogP contribution < -0.4 is 5.32 Å². The summed E-state index contributed by atoms with van der Waals surface area (Å²) < 4.78 is 2.07. The van der Waals surface area contributed by atoms with E-state index in [0.29, 0.717) is 18.9 Å². The number of aromatic nitrogens is 3. The van der Waals surface area contributed by atoms with Crippen LogP contribution in [0.25, 0.3) is 10.9 Å². The van der Waals surface area contributed by atoms with Crippen molar-refractivity contribution >= 4 is 16.8 Å². The lowest BCUT2D eigenvalue weighted by molar-refractivity contribution is -0.121. The molecule has 3 rings (SSSR count). The first-order valence-corrected chi connectivity index (χ1v) is 9.80. The van der Waals surface area contributed by atoms with Crippen LogP contribution in [-0.4, -0.2) is 27.2 Å². The van der Waals surface area contributed by atoms with Gasteiger partial charge in [-0.2, -0.15) is 5.10 Å². The van der Waals surface area contributed by atoms with E-state index in [-0.39, 0.29) is 5.91 Å². The fourth-order valence-corrected chi connectivity index (χ4v) is 3.62. The maximum absolute atomic E-state index is 12.3. The summed E-state index contributed by atoms with van der Waals surface area (Å²) >= 11 is 0. The van der Waals surface area contributed by atoms with Crippen molar-refractivity contribution in [2.24, 2.45) is 5.92 Å². The molecule has 144 valence electrons. The fraction of sp³-hybridized carbons (Fsp3) is 0.455. The van der Waals surface area contributed by atoms with Gasteiger partial charge in [0.1, 0.15) is 0 Å². The van der Waals surface area contributed by atoms with Gasteiger partial charge in [0.25, 0.3) is 0 Å². The van der Waals surface area contributed by atoms with Gasteiger partial charge >= 0.3 is 0 Å². The van der Waals surface area contributed by atoms with Crippen LogP contribution in [-0.2, 0) is 24.2 Å². The Morgan fingerprint density at radius 3 is 2.78 bits per heavy atom. The summed E-state index contributed by atoms with van der Waals surface area (Å²) in [4.78, 5) is 15.5. The van der Waals surface area contributed by atoms with Crippen molar-refractivity contribution in [1.82, 2.24) is 20.1 Å². The lowest BCUT2D eigenvalue weighted by Crippen LogP contribution is -2.25. The quantitative estimate of drug-likeness (QED) is 0.634. The Morgan fingerprint density at radius 2 is 2.00 bits per heavy atom. The number of para-hydroxylation sites is 1. The topological polar surface area (TPSA) is 62.7 Å². The maximum Gasteiger partial charge on any atom is 0.220 e. The first-order chi connectivity index (χ1) is 13.0. The van der Waals surface area contributed by atoms with E-state index in [1.165, 1.54) is 22.2 Å². The largest absolute Gasteiger partial charge is 0.361 e. The van der Waals surface area contributed by atoms with Crippen LogP contribution in [0.4, 0.5) is 0 Å². The van der Waals surface area contributed by atoms with Gasteiger partial charge in [-0.15, -0.1) is 0 Å². The van der Waals surface area contributed by atoms with E-state index in [2.05, 4.69) is 53.0 Å². The molecule has 0 saturated carbocycles. The number of aryl methyl sites for hydroxylation is 1. The SMILES string of the molecule is Cc1nn(CC(C)C)c(C)c1CCC(=O)NCCc1c[nH]c2ccccc12. The number of nitrogens with zero attached hydrogens (tertiary/aromatic N) is 2. The average molecular weight is 367 g/mol. The first-order valence-electron chi connectivity index (χ1n) is 9.80. The van der Waals surface area contributed by atoms with E-state index in [1.54, 1.807) is 0 Å². The van der Waals surface area contributed by atoms with Crippen LogP contribution in [0.3, 0.4) is 0 Å². The number of hydrogen-bond acceptors (Lipinski definition) is 2. The van der Waals surface area contributed by atoms with Gasteiger partial charge in [0, 0.05) is 42.3 Å². The van der Waals surface area contributed by atoms with Gasteiger partial charge in [-0.25, -0.2) is 0 Å². The second-order valence-electron chi connectivity index (χ2n) is 7.68. The van der Waals surface area contributed by atoms with Gasteiger partial charge in [-0.3, -0.25) is 9.48 Å². The average Bonchev–Trinajstić information content (AvgIpc) is 3.15. The highest BCUT2D eigenvalue weighted by Crippen LogP contribution is 2.18. The smallest absolute Gasteiger partial charge is 0.220 e. The van der Waals surface area contributed by atoms with Crippen molar-refractivity contribution in [3.8, 4) is 0 Å². The van der Waals surface area contributed by atoms with Gasteiger partial charge in [0.2, 0.25) is 5.91 Å². The van der Waals surface area contributed by atoms with Gasteiger partial charge in [-0.1, -0.05) is 32.0 Å². The van der Waals surface area contributed by atoms with Crippen LogP contribution in [0.5, 0.6) is 0 Å². The Balaban J connectivity index is 1.49. The number of H-pyrrole nitrogens is 1. The minimum Gasteiger partial charge on any atom is -0.361 e. The zero-order valence-electron chi connectivity index (χ0n) is 16.8. The van der Waals surface area contributed by atoms with Crippen LogP contribution in [0.2, 0.25) is 0 Å². The molecule has 2 N–H and O–H groups in total. The molecule has 2 heterocycles. The predicted molar refractivity (Wildman–Crippen MR) is 110 cm³/mol. The van der Waals surface area contributed by atoms with E-state index in [0.717, 1.165) is 30.6 Å². The lowest BCUT2D eigenvalue weighted by atomic mass is 10.1. The highest BCUT2D eigenvalue weighted by Gasteiger charge is 2.14. The Hall–Kier alpha value is -2.56. The summed E-state index contributed by atoms with van der Waals surface area (Å²) in [5, 5.41) is 8.92. The molecule has 27 heavy (non-hydrogen) atoms. The first kappa shape index (κ1) is 19.2. The molecule has 2 aromatic heterocycles. The third kappa shape index (κ3) is 4.59. The van der Waals surface area contributed by atoms with Crippen molar-refractivity contribution in [3.05, 3.63) is 53.0 Å². The van der Waals surface area contributed by atoms with E-state index >= 15 is 0 Å². The number of amides is 1. The van der Waals surface area contributed by atoms with Crippen LogP contribution in [0.15, 0.2) is 30.5 Å². The Kier molecular flexibility index (Phi) is 5.99. The number of fused-ring (bicyclic) bond motifs is 1. The molecule has 0 aliphatic heterocycles. The van der Waals surface area contributed by atoms with Crippen molar-refractivity contribution in [3.63, 3.8) is 0 Å². The molecule has 0 atom stereocenters. The number of hydrogen-bond donors (Lipinski definition) is 2. The van der Waals surface area contributed by atoms with Crippen LogP contribution in [0, 0.1) is 19.8 Å². The second kappa shape index (κ2) is 8.42. The van der Waals surface area contributed by atoms with Crippen LogP contribution in [0.1, 0.15) is 42.8 Å². The molecule has 0 spiro atoms. The third-order valence-electron chi connectivity index (χ3n) is 5.06. The van der Waals surface area contributed by atoms with Gasteiger partial charge in [0.05, 0.1) is 5.69 Å². The molecule has 1 aromatic carbocycles. The molecule has 5 nitrogen and oxygen atoms in total. The molecule has 5 heteroatoms. The Morgan fingerprint density at radius 1 is 1.22 bits per heavy atom. The van der Waals surface area contributed by atoms with Crippen molar-refractivity contribution < 1.29 is 4.79 Å². The molecule has 0 unspecified atom stereocenters. The number of carbonyl (C=O) groups excluding carboxylic acids is 1. The maximum atomic E-state index is 12.3. The molecule has 0 radical (unpaired) electrons. The predicted octanol–water partition coefficient (Wildman–Crippen LogP) is 3.93. The van der Waals surface area contributed by atoms with Gasteiger partial charge in [0.15, 0.2) is 0 Å². The molecule has 0 aliphatic carbocycles. The monoisotopic (exact) mass is 366 g/mol. The molecular formula is C22H30N4O. The van der Waals surface area contributed by atoms with Crippen molar-refractivity contribution in [2.45, 2.75) is 53.5 Å². The summed E-state index contributed by atoms with van der Waals surface area (Å²) in [6, 6.07) is 8.25. The zero-order valence-corrected chi connectivity index (χ0v) is 16.8. The molecular weight excluding hydrogens is 336 g/mol. The lowest BCUT2D eigenvalue weighted by Gasteiger charge is -2.08. The summed E-state index contributed by atoms with van der Waals surface area (Å²) in [5.74, 6) is 0.661. The summed E-state index contributed by atoms with van der Waals surface area (Å²) in [6.45, 7) is 10.1. The second-order valence-corrected chi connectivity index (χ2v) is 7.68. The number of carbonyl (C=O) groups is 1. The molecule has 0 bridgehead atoms. The van der Waals surface area contributed by atoms with E-state index in [1.807, 2.05) is 25.3 Å². The van der Waals surface area contributed by atoms with Crippen molar-refractivity contribution in [1.29, 1.82) is 0 Å². The third-order valence-corrected chi connectivity index (χ3v) is 5.06. The number of aromatic amines is 1. The zero-order chi connectivity index (χ0) is 19.4. The minimum absolute atomic E-state index is 0.102. The molecule has 0 fully saturated rings. The molecule has 0 saturated heterocycles. The summed E-state index contributed by atoms with van der Waals surface area (Å²) in [6.07, 6.45) is 4.12. The number of nitrogens with one attached hydrogen (secondary N) is 2. The fourth-order valence-electron chi connectivity index (χ4n) is 3.62. The summed E-state index contributed by atoms with van der Waals surface area (Å²) in [5.41, 5.74) is 5.82. The standard InChI is InChI=1S/C22H30N4O/c1-15(2)14-26-17(4)19(16(3)25-26)9-10-22(27)23-12-11-18-13-24-21-8-6-5-7-20(18)21/h5-8,13,15,24H,9-12,14H2,1-4H3,(H,23,27). The van der Waals surface area contributed by atoms with E-state index in [9.17, 15) is 4.79 Å². The molecule has 1 amide bonds. The van der Waals surface area contributed by atoms with Crippen molar-refractivity contribution in [2.75, 3.05) is 6.54 Å². The Labute approximate surface area is 161 Å². The minimum atomic E-state index is 0.102. The van der Waals surface area contributed by atoms with Gasteiger partial charge in [-0.05, 0) is 49.8 Å². The molecule has 0 aliphatic rings. The highest BCUT2D eigenvalue weighted by molar-refractivity contribution is 5.83. The normalized spacial score (nSPS) is 11.4. The summed E-state index contributed by atoms with van der Waals surface area (Å²) in [7, 11) is 0. The number of rotatable bonds is 8. The number of benzene rings is 1. The van der Waals surface area contributed by atoms with Crippen LogP contribution >= 0.6 is 0 Å². The van der Waals surface area contributed by atoms with E-state index < -0.39 is 0 Å². The van der Waals surface area contributed by atoms with Gasteiger partial charge < -0.3 is 10.3 Å². The molecule has 3 aromatic rings. The Bertz CT molecular complexity index is 920.